The van der Waals surface area contributed by atoms with E-state index in [4.69, 9.17) is 9.47 Å². The van der Waals surface area contributed by atoms with E-state index in [1.165, 1.54) is 5.56 Å². The van der Waals surface area contributed by atoms with Gasteiger partial charge in [-0.05, 0) is 30.5 Å². The highest BCUT2D eigenvalue weighted by Gasteiger charge is 2.24. The smallest absolute Gasteiger partial charge is 0.231 e. The van der Waals surface area contributed by atoms with Crippen molar-refractivity contribution in [2.45, 2.75) is 38.1 Å². The number of fused-ring (bicyclic) bond motifs is 1. The molecule has 1 aliphatic heterocycles. The van der Waals surface area contributed by atoms with E-state index in [1.54, 1.807) is 0 Å². The van der Waals surface area contributed by atoms with E-state index in [-0.39, 0.29) is 29.4 Å². The molecule has 0 saturated carbocycles. The molecule has 1 aromatic rings. The quantitative estimate of drug-likeness (QED) is 0.325. The van der Waals surface area contributed by atoms with Crippen LogP contribution < -0.4 is 20.1 Å². The molecular formula is C18H26IN3O2. The lowest BCUT2D eigenvalue weighted by Crippen LogP contribution is -2.46. The Bertz CT molecular complexity index is 621. The van der Waals surface area contributed by atoms with Crippen molar-refractivity contribution in [2.75, 3.05) is 20.4 Å². The van der Waals surface area contributed by atoms with Gasteiger partial charge in [0.05, 0.1) is 0 Å². The van der Waals surface area contributed by atoms with Gasteiger partial charge in [0.15, 0.2) is 17.5 Å². The van der Waals surface area contributed by atoms with Crippen molar-refractivity contribution >= 4 is 29.9 Å². The van der Waals surface area contributed by atoms with Crippen molar-refractivity contribution in [3.05, 3.63) is 35.9 Å². The molecule has 0 aromatic heterocycles. The third-order valence-electron chi connectivity index (χ3n) is 4.42. The summed E-state index contributed by atoms with van der Waals surface area (Å²) in [5.74, 6) is 2.51. The Morgan fingerprint density at radius 2 is 1.92 bits per heavy atom. The van der Waals surface area contributed by atoms with Crippen LogP contribution in [0.1, 0.15) is 32.3 Å². The second kappa shape index (κ2) is 8.09. The molecule has 1 aromatic carbocycles. The number of hydrogen-bond acceptors (Lipinski definition) is 3. The second-order valence-corrected chi connectivity index (χ2v) is 6.66. The van der Waals surface area contributed by atoms with E-state index in [0.717, 1.165) is 36.8 Å². The number of benzene rings is 1. The Morgan fingerprint density at radius 1 is 1.21 bits per heavy atom. The highest BCUT2D eigenvalue weighted by Crippen LogP contribution is 2.36. The van der Waals surface area contributed by atoms with Crippen LogP contribution in [0.4, 0.5) is 0 Å². The molecule has 0 atom stereocenters. The van der Waals surface area contributed by atoms with Crippen LogP contribution >= 0.6 is 24.0 Å². The Morgan fingerprint density at radius 3 is 2.62 bits per heavy atom. The molecule has 2 N–H and O–H groups in total. The maximum absolute atomic E-state index is 5.48. The van der Waals surface area contributed by atoms with Crippen molar-refractivity contribution < 1.29 is 9.47 Å². The van der Waals surface area contributed by atoms with Crippen LogP contribution in [0.3, 0.4) is 0 Å². The van der Waals surface area contributed by atoms with E-state index in [1.807, 2.05) is 13.1 Å². The number of ether oxygens (including phenoxy) is 2. The molecule has 24 heavy (non-hydrogen) atoms. The van der Waals surface area contributed by atoms with Gasteiger partial charge in [-0.3, -0.25) is 4.99 Å². The van der Waals surface area contributed by atoms with Gasteiger partial charge < -0.3 is 20.1 Å². The van der Waals surface area contributed by atoms with Crippen molar-refractivity contribution in [1.29, 1.82) is 0 Å². The number of hydrogen-bond donors (Lipinski definition) is 2. The third kappa shape index (κ3) is 4.34. The van der Waals surface area contributed by atoms with Gasteiger partial charge in [-0.15, -0.1) is 24.0 Å². The van der Waals surface area contributed by atoms with E-state index >= 15 is 0 Å². The van der Waals surface area contributed by atoms with Crippen molar-refractivity contribution in [1.82, 2.24) is 10.6 Å². The molecule has 0 saturated heterocycles. The first-order chi connectivity index (χ1) is 11.1. The summed E-state index contributed by atoms with van der Waals surface area (Å²) in [6.07, 6.45) is 6.54. The van der Waals surface area contributed by atoms with Gasteiger partial charge in [0, 0.05) is 25.0 Å². The minimum atomic E-state index is -0.0491. The summed E-state index contributed by atoms with van der Waals surface area (Å²) in [4.78, 5) is 4.33. The monoisotopic (exact) mass is 443 g/mol. The normalized spacial score (nSPS) is 16.9. The Balaban J connectivity index is 0.00000208. The fraction of sp³-hybridized carbons (Fsp3) is 0.500. The molecule has 6 heteroatoms. The Kier molecular flexibility index (Phi) is 6.37. The lowest BCUT2D eigenvalue weighted by atomic mass is 9.84. The fourth-order valence-electron chi connectivity index (χ4n) is 2.85. The van der Waals surface area contributed by atoms with Crippen LogP contribution in [0.5, 0.6) is 11.5 Å². The Labute approximate surface area is 160 Å². The summed E-state index contributed by atoms with van der Waals surface area (Å²) in [6, 6.07) is 6.61. The van der Waals surface area contributed by atoms with E-state index in [0.29, 0.717) is 12.8 Å². The second-order valence-electron chi connectivity index (χ2n) is 6.66. The van der Waals surface area contributed by atoms with E-state index < -0.39 is 0 Å². The van der Waals surface area contributed by atoms with Crippen molar-refractivity contribution in [3.63, 3.8) is 0 Å². The number of aliphatic imine (C=N–C) groups is 1. The predicted molar refractivity (Wildman–Crippen MR) is 108 cm³/mol. The standard InChI is InChI=1S/C18H25N3O2.HI/c1-18(2,13-8-9-15-16(10-13)23-12-22-15)11-20-17(19-3)21-14-6-4-5-7-14;/h4-5,8-10,14H,6-7,11-12H2,1-3H3,(H2,19,20,21);1H. The average Bonchev–Trinajstić information content (AvgIpc) is 3.21. The van der Waals surface area contributed by atoms with E-state index in [9.17, 15) is 0 Å². The molecular weight excluding hydrogens is 417 g/mol. The van der Waals surface area contributed by atoms with Crippen LogP contribution in [0.25, 0.3) is 0 Å². The molecule has 5 nitrogen and oxygen atoms in total. The predicted octanol–water partition coefficient (Wildman–Crippen LogP) is 3.19. The van der Waals surface area contributed by atoms with Gasteiger partial charge in [-0.1, -0.05) is 32.1 Å². The molecule has 2 aliphatic rings. The first-order valence-corrected chi connectivity index (χ1v) is 8.11. The maximum atomic E-state index is 5.48. The van der Waals surface area contributed by atoms with Gasteiger partial charge in [0.25, 0.3) is 0 Å². The number of guanidine groups is 1. The lowest BCUT2D eigenvalue weighted by molar-refractivity contribution is 0.174. The van der Waals surface area contributed by atoms with Gasteiger partial charge >= 0.3 is 0 Å². The Hall–Kier alpha value is -1.44. The van der Waals surface area contributed by atoms with Crippen molar-refractivity contribution in [2.24, 2.45) is 4.99 Å². The van der Waals surface area contributed by atoms with Crippen LogP contribution in [-0.2, 0) is 5.41 Å². The van der Waals surface area contributed by atoms with Gasteiger partial charge in [0.1, 0.15) is 0 Å². The van der Waals surface area contributed by atoms with E-state index in [2.05, 4.69) is 53.8 Å². The zero-order chi connectivity index (χ0) is 16.3. The van der Waals surface area contributed by atoms with Crippen LogP contribution in [0.2, 0.25) is 0 Å². The van der Waals surface area contributed by atoms with Crippen LogP contribution in [0, 0.1) is 0 Å². The summed E-state index contributed by atoms with van der Waals surface area (Å²) in [5.41, 5.74) is 1.17. The topological polar surface area (TPSA) is 54.9 Å². The summed E-state index contributed by atoms with van der Waals surface area (Å²) in [6.45, 7) is 5.51. The van der Waals surface area contributed by atoms with Crippen LogP contribution in [-0.4, -0.2) is 32.4 Å². The number of nitrogens with zero attached hydrogens (tertiary/aromatic N) is 1. The summed E-state index contributed by atoms with van der Waals surface area (Å²) in [5, 5.41) is 6.90. The molecule has 132 valence electrons. The molecule has 0 fully saturated rings. The van der Waals surface area contributed by atoms with Gasteiger partial charge in [-0.25, -0.2) is 0 Å². The number of halogens is 1. The molecule has 1 aliphatic carbocycles. The molecule has 3 rings (SSSR count). The molecule has 0 bridgehead atoms. The lowest BCUT2D eigenvalue weighted by Gasteiger charge is -2.27. The third-order valence-corrected chi connectivity index (χ3v) is 4.42. The van der Waals surface area contributed by atoms with Crippen molar-refractivity contribution in [3.8, 4) is 11.5 Å². The summed E-state index contributed by atoms with van der Waals surface area (Å²) >= 11 is 0. The minimum absolute atomic E-state index is 0. The molecule has 0 unspecified atom stereocenters. The first kappa shape index (κ1) is 18.9. The minimum Gasteiger partial charge on any atom is -0.454 e. The molecule has 0 radical (unpaired) electrons. The number of rotatable bonds is 4. The average molecular weight is 443 g/mol. The summed E-state index contributed by atoms with van der Waals surface area (Å²) in [7, 11) is 1.81. The number of nitrogens with one attached hydrogen (secondary N) is 2. The maximum Gasteiger partial charge on any atom is 0.231 e. The fourth-order valence-corrected chi connectivity index (χ4v) is 2.85. The SMILES string of the molecule is CN=C(NCC(C)(C)c1ccc2c(c1)OCO2)NC1CC=CC1.I. The van der Waals surface area contributed by atoms with Gasteiger partial charge in [0.2, 0.25) is 6.79 Å². The zero-order valence-electron chi connectivity index (χ0n) is 14.5. The highest BCUT2D eigenvalue weighted by atomic mass is 127. The highest BCUT2D eigenvalue weighted by molar-refractivity contribution is 14.0. The molecule has 0 amide bonds. The zero-order valence-corrected chi connectivity index (χ0v) is 16.8. The van der Waals surface area contributed by atoms with Crippen LogP contribution in [0.15, 0.2) is 35.3 Å². The first-order valence-electron chi connectivity index (χ1n) is 8.11. The molecule has 0 spiro atoms. The summed E-state index contributed by atoms with van der Waals surface area (Å²) < 4.78 is 10.9. The largest absolute Gasteiger partial charge is 0.454 e. The van der Waals surface area contributed by atoms with Gasteiger partial charge in [-0.2, -0.15) is 0 Å². The molecule has 1 heterocycles.